The molecule has 0 fully saturated rings. The van der Waals surface area contributed by atoms with Gasteiger partial charge in [0, 0.05) is 0 Å². The molecule has 0 aliphatic rings. The van der Waals surface area contributed by atoms with Crippen molar-refractivity contribution in [2.75, 3.05) is 0 Å². The summed E-state index contributed by atoms with van der Waals surface area (Å²) in [4.78, 5) is 23.8. The number of hydrogen-bond donors (Lipinski definition) is 1. The van der Waals surface area contributed by atoms with Crippen LogP contribution in [0.4, 0.5) is 0 Å². The SMILES string of the molecule is CCCCC(C)OC(=O)CC(C(=O)OC(C)CCCC)S(=O)(=O)O.[NaH]. The third-order valence-corrected chi connectivity index (χ3v) is 4.63. The van der Waals surface area contributed by atoms with E-state index in [0.717, 1.165) is 25.7 Å². The molecule has 3 atom stereocenters. The molecule has 144 valence electrons. The minimum atomic E-state index is -4.75. The van der Waals surface area contributed by atoms with Gasteiger partial charge in [-0.3, -0.25) is 14.1 Å². The van der Waals surface area contributed by atoms with Gasteiger partial charge in [-0.05, 0) is 26.7 Å². The van der Waals surface area contributed by atoms with E-state index in [2.05, 4.69) is 0 Å². The fourth-order valence-electron chi connectivity index (χ4n) is 2.11. The van der Waals surface area contributed by atoms with Gasteiger partial charge in [0.05, 0.1) is 18.6 Å². The number of ether oxygens (including phenoxy) is 2. The molecular formula is C16H31NaO7S. The average molecular weight is 390 g/mol. The van der Waals surface area contributed by atoms with Gasteiger partial charge in [0.15, 0.2) is 5.25 Å². The third-order valence-electron chi connectivity index (χ3n) is 3.55. The molecule has 0 aromatic carbocycles. The average Bonchev–Trinajstić information content (AvgIpc) is 2.47. The van der Waals surface area contributed by atoms with Gasteiger partial charge in [-0.1, -0.05) is 39.5 Å². The summed E-state index contributed by atoms with van der Waals surface area (Å²) in [5, 5.41) is -1.95. The summed E-state index contributed by atoms with van der Waals surface area (Å²) in [5.41, 5.74) is 0. The first-order valence-electron chi connectivity index (χ1n) is 8.48. The fraction of sp³-hybridized carbons (Fsp3) is 0.875. The molecule has 0 aromatic heterocycles. The second-order valence-electron chi connectivity index (χ2n) is 6.04. The van der Waals surface area contributed by atoms with Crippen LogP contribution >= 0.6 is 0 Å². The molecule has 0 aromatic rings. The van der Waals surface area contributed by atoms with E-state index in [1.807, 2.05) is 13.8 Å². The molecule has 1 N–H and O–H groups in total. The van der Waals surface area contributed by atoms with E-state index in [0.29, 0.717) is 12.8 Å². The van der Waals surface area contributed by atoms with Crippen LogP contribution in [0, 0.1) is 0 Å². The Bertz CT molecular complexity index is 493. The summed E-state index contributed by atoms with van der Waals surface area (Å²) < 4.78 is 42.1. The summed E-state index contributed by atoms with van der Waals surface area (Å²) in [5.74, 6) is -1.97. The molecule has 0 radical (unpaired) electrons. The Morgan fingerprint density at radius 2 is 1.40 bits per heavy atom. The quantitative estimate of drug-likeness (QED) is 0.309. The van der Waals surface area contributed by atoms with E-state index < -0.39 is 39.8 Å². The Kier molecular flexibility index (Phi) is 15.1. The van der Waals surface area contributed by atoms with E-state index in [1.165, 1.54) is 0 Å². The summed E-state index contributed by atoms with van der Waals surface area (Å²) in [6.45, 7) is 7.31. The van der Waals surface area contributed by atoms with E-state index >= 15 is 0 Å². The molecule has 0 spiro atoms. The molecule has 0 bridgehead atoms. The van der Waals surface area contributed by atoms with Crippen molar-refractivity contribution in [3.63, 3.8) is 0 Å². The van der Waals surface area contributed by atoms with Gasteiger partial charge in [-0.15, -0.1) is 0 Å². The minimum absolute atomic E-state index is 0. The molecule has 0 saturated carbocycles. The van der Waals surface area contributed by atoms with Crippen molar-refractivity contribution in [1.82, 2.24) is 0 Å². The topological polar surface area (TPSA) is 107 Å². The van der Waals surface area contributed by atoms with Crippen LogP contribution in [0.1, 0.15) is 72.6 Å². The van der Waals surface area contributed by atoms with E-state index in [-0.39, 0.29) is 35.7 Å². The Morgan fingerprint density at radius 1 is 0.960 bits per heavy atom. The van der Waals surface area contributed by atoms with Crippen LogP contribution in [-0.2, 0) is 29.2 Å². The second-order valence-corrected chi connectivity index (χ2v) is 7.64. The van der Waals surface area contributed by atoms with Crippen molar-refractivity contribution in [3.05, 3.63) is 0 Å². The zero-order valence-corrected chi connectivity index (χ0v) is 15.8. The van der Waals surface area contributed by atoms with Crippen molar-refractivity contribution >= 4 is 51.6 Å². The number of esters is 2. The van der Waals surface area contributed by atoms with Crippen LogP contribution in [0.3, 0.4) is 0 Å². The predicted molar refractivity (Wildman–Crippen MR) is 97.3 cm³/mol. The number of carbonyl (C=O) groups excluding carboxylic acids is 2. The number of hydrogen-bond acceptors (Lipinski definition) is 6. The van der Waals surface area contributed by atoms with Gasteiger partial charge >= 0.3 is 41.5 Å². The summed E-state index contributed by atoms with van der Waals surface area (Å²) >= 11 is 0. The van der Waals surface area contributed by atoms with Crippen LogP contribution in [0.25, 0.3) is 0 Å². The molecule has 0 rings (SSSR count). The van der Waals surface area contributed by atoms with Gasteiger partial charge in [-0.2, -0.15) is 8.42 Å². The number of rotatable bonds is 12. The first kappa shape index (κ1) is 27.1. The normalized spacial score (nSPS) is 14.8. The van der Waals surface area contributed by atoms with Gasteiger partial charge in [0.2, 0.25) is 0 Å². The maximum absolute atomic E-state index is 12.0. The van der Waals surface area contributed by atoms with Crippen LogP contribution in [0.2, 0.25) is 0 Å². The Hall–Kier alpha value is -0.150. The molecule has 0 amide bonds. The van der Waals surface area contributed by atoms with Crippen molar-refractivity contribution in [2.45, 2.75) is 90.1 Å². The number of unbranched alkanes of at least 4 members (excludes halogenated alkanes) is 2. The summed E-state index contributed by atoms with van der Waals surface area (Å²) in [6.07, 6.45) is 3.16. The van der Waals surface area contributed by atoms with E-state index in [9.17, 15) is 22.6 Å². The second kappa shape index (κ2) is 14.0. The maximum atomic E-state index is 12.0. The van der Waals surface area contributed by atoms with Gasteiger partial charge in [0.1, 0.15) is 0 Å². The summed E-state index contributed by atoms with van der Waals surface area (Å²) in [7, 11) is -4.75. The molecule has 0 aliphatic heterocycles. The van der Waals surface area contributed by atoms with Crippen molar-refractivity contribution < 1.29 is 32.0 Å². The van der Waals surface area contributed by atoms with Crippen LogP contribution in [-0.4, -0.2) is 71.9 Å². The molecular weight excluding hydrogens is 359 g/mol. The van der Waals surface area contributed by atoms with Crippen molar-refractivity contribution in [1.29, 1.82) is 0 Å². The molecule has 0 aliphatic carbocycles. The Balaban J connectivity index is 0. The Morgan fingerprint density at radius 3 is 1.80 bits per heavy atom. The van der Waals surface area contributed by atoms with Crippen LogP contribution in [0.5, 0.6) is 0 Å². The molecule has 3 unspecified atom stereocenters. The molecule has 9 heteroatoms. The van der Waals surface area contributed by atoms with Crippen LogP contribution in [0.15, 0.2) is 0 Å². The molecule has 0 heterocycles. The first-order valence-corrected chi connectivity index (χ1v) is 9.98. The standard InChI is InChI=1S/C16H30O7S.Na.H/c1-5-7-9-12(3)22-15(17)11-14(24(19,20)21)16(18)23-13(4)10-8-6-2;;/h12-14H,5-11H2,1-4H3,(H,19,20,21);;. The monoisotopic (exact) mass is 390 g/mol. The van der Waals surface area contributed by atoms with Crippen molar-refractivity contribution in [2.24, 2.45) is 0 Å². The fourth-order valence-corrected chi connectivity index (χ4v) is 2.75. The molecule has 7 nitrogen and oxygen atoms in total. The summed E-state index contributed by atoms with van der Waals surface area (Å²) in [6, 6.07) is 0. The predicted octanol–water partition coefficient (Wildman–Crippen LogP) is 2.23. The first-order chi connectivity index (χ1) is 11.1. The van der Waals surface area contributed by atoms with Crippen molar-refractivity contribution in [3.8, 4) is 0 Å². The van der Waals surface area contributed by atoms with Gasteiger partial charge in [-0.25, -0.2) is 0 Å². The Labute approximate surface area is 173 Å². The number of carbonyl (C=O) groups is 2. The molecule has 25 heavy (non-hydrogen) atoms. The van der Waals surface area contributed by atoms with Gasteiger partial charge in [0.25, 0.3) is 10.1 Å². The molecule has 0 saturated heterocycles. The van der Waals surface area contributed by atoms with E-state index in [1.54, 1.807) is 13.8 Å². The van der Waals surface area contributed by atoms with Gasteiger partial charge < -0.3 is 9.47 Å². The zero-order valence-electron chi connectivity index (χ0n) is 15.0. The zero-order chi connectivity index (χ0) is 18.8. The third kappa shape index (κ3) is 12.8. The van der Waals surface area contributed by atoms with Crippen LogP contribution < -0.4 is 0 Å². The van der Waals surface area contributed by atoms with E-state index in [4.69, 9.17) is 9.47 Å².